The molecule has 22 heavy (non-hydrogen) atoms. The van der Waals surface area contributed by atoms with Crippen molar-refractivity contribution in [2.75, 3.05) is 6.61 Å². The quantitative estimate of drug-likeness (QED) is 0.875. The summed E-state index contributed by atoms with van der Waals surface area (Å²) in [4.78, 5) is 16.7. The predicted molar refractivity (Wildman–Crippen MR) is 80.4 cm³/mol. The molecule has 2 aromatic heterocycles. The molecular weight excluding hydrogens is 282 g/mol. The minimum absolute atomic E-state index is 0.0815. The summed E-state index contributed by atoms with van der Waals surface area (Å²) in [7, 11) is 0. The summed E-state index contributed by atoms with van der Waals surface area (Å²) in [6.45, 7) is 5.52. The number of H-pyrrole nitrogens is 1. The molecule has 1 amide bonds. The van der Waals surface area contributed by atoms with Crippen molar-refractivity contribution in [3.63, 3.8) is 0 Å². The first-order valence-corrected chi connectivity index (χ1v) is 7.70. The molecule has 2 N–H and O–H groups in total. The standard InChI is InChI=1S/C15H21N5O2/c1-3-10-9-12(19-18-10)15(21)17-11-5-8-22-13(11)14-16-6-7-20(14)4-2/h6-7,9,11,13H,3-5,8H2,1-2H3,(H,17,21)(H,18,19)/t11-,13-/m0/s1. The van der Waals surface area contributed by atoms with E-state index in [-0.39, 0.29) is 18.1 Å². The highest BCUT2D eigenvalue weighted by molar-refractivity contribution is 5.92. The third kappa shape index (κ3) is 2.76. The first-order chi connectivity index (χ1) is 10.7. The summed E-state index contributed by atoms with van der Waals surface area (Å²) in [5.41, 5.74) is 1.37. The van der Waals surface area contributed by atoms with Crippen LogP contribution in [0, 0.1) is 0 Å². The van der Waals surface area contributed by atoms with Crippen LogP contribution in [0.25, 0.3) is 0 Å². The molecule has 0 radical (unpaired) electrons. The summed E-state index contributed by atoms with van der Waals surface area (Å²) in [6, 6.07) is 1.70. The Morgan fingerprint density at radius 1 is 1.55 bits per heavy atom. The van der Waals surface area contributed by atoms with Gasteiger partial charge in [-0.3, -0.25) is 9.89 Å². The van der Waals surface area contributed by atoms with Crippen LogP contribution in [0.3, 0.4) is 0 Å². The van der Waals surface area contributed by atoms with Gasteiger partial charge in [-0.15, -0.1) is 0 Å². The molecule has 1 fully saturated rings. The van der Waals surface area contributed by atoms with Gasteiger partial charge in [-0.1, -0.05) is 6.92 Å². The van der Waals surface area contributed by atoms with E-state index in [1.54, 1.807) is 12.3 Å². The number of carbonyl (C=O) groups is 1. The highest BCUT2D eigenvalue weighted by Crippen LogP contribution is 2.28. The largest absolute Gasteiger partial charge is 0.368 e. The minimum Gasteiger partial charge on any atom is -0.368 e. The van der Waals surface area contributed by atoms with E-state index in [1.807, 2.05) is 17.7 Å². The van der Waals surface area contributed by atoms with Crippen LogP contribution in [-0.4, -0.2) is 38.3 Å². The minimum atomic E-state index is -0.205. The molecule has 7 nitrogen and oxygen atoms in total. The number of imidazole rings is 1. The second-order valence-corrected chi connectivity index (χ2v) is 5.36. The van der Waals surface area contributed by atoms with Gasteiger partial charge < -0.3 is 14.6 Å². The van der Waals surface area contributed by atoms with Gasteiger partial charge in [0.25, 0.3) is 5.91 Å². The molecule has 0 bridgehead atoms. The molecule has 7 heteroatoms. The van der Waals surface area contributed by atoms with E-state index in [0.717, 1.165) is 30.9 Å². The van der Waals surface area contributed by atoms with Crippen molar-refractivity contribution in [3.8, 4) is 0 Å². The zero-order valence-electron chi connectivity index (χ0n) is 12.9. The van der Waals surface area contributed by atoms with Gasteiger partial charge in [0.1, 0.15) is 17.6 Å². The van der Waals surface area contributed by atoms with Crippen molar-refractivity contribution in [1.82, 2.24) is 25.1 Å². The van der Waals surface area contributed by atoms with Crippen LogP contribution in [0.1, 0.15) is 48.4 Å². The maximum atomic E-state index is 12.3. The topological polar surface area (TPSA) is 84.8 Å². The molecule has 0 aliphatic carbocycles. The second kappa shape index (κ2) is 6.31. The van der Waals surface area contributed by atoms with Crippen LogP contribution < -0.4 is 5.32 Å². The maximum absolute atomic E-state index is 12.3. The fraction of sp³-hybridized carbons (Fsp3) is 0.533. The number of carbonyl (C=O) groups excluding carboxylic acids is 1. The van der Waals surface area contributed by atoms with Crippen molar-refractivity contribution in [2.45, 2.75) is 45.4 Å². The monoisotopic (exact) mass is 303 g/mol. The lowest BCUT2D eigenvalue weighted by Crippen LogP contribution is -2.37. The van der Waals surface area contributed by atoms with E-state index in [9.17, 15) is 4.79 Å². The molecule has 118 valence electrons. The molecule has 0 unspecified atom stereocenters. The van der Waals surface area contributed by atoms with Gasteiger partial charge in [0, 0.05) is 31.2 Å². The first kappa shape index (κ1) is 14.8. The zero-order chi connectivity index (χ0) is 15.5. The van der Waals surface area contributed by atoms with Gasteiger partial charge in [0.2, 0.25) is 0 Å². The smallest absolute Gasteiger partial charge is 0.272 e. The molecule has 2 atom stereocenters. The molecule has 1 aliphatic rings. The number of rotatable bonds is 5. The predicted octanol–water partition coefficient (Wildman–Crippen LogP) is 1.45. The van der Waals surface area contributed by atoms with E-state index >= 15 is 0 Å². The van der Waals surface area contributed by atoms with Crippen molar-refractivity contribution in [3.05, 3.63) is 35.7 Å². The van der Waals surface area contributed by atoms with Gasteiger partial charge in [0.05, 0.1) is 6.04 Å². The van der Waals surface area contributed by atoms with E-state index < -0.39 is 0 Å². The lowest BCUT2D eigenvalue weighted by molar-refractivity contribution is 0.0773. The molecule has 0 aromatic carbocycles. The van der Waals surface area contributed by atoms with Crippen LogP contribution in [0.15, 0.2) is 18.5 Å². The molecular formula is C15H21N5O2. The van der Waals surface area contributed by atoms with Crippen molar-refractivity contribution in [2.24, 2.45) is 0 Å². The van der Waals surface area contributed by atoms with Gasteiger partial charge in [-0.25, -0.2) is 4.98 Å². The SMILES string of the molecule is CCc1cc(C(=O)N[C@H]2CCO[C@@H]2c2nccn2CC)n[nH]1. The Hall–Kier alpha value is -2.15. The fourth-order valence-electron chi connectivity index (χ4n) is 2.74. The Morgan fingerprint density at radius 2 is 2.41 bits per heavy atom. The van der Waals surface area contributed by atoms with Crippen LogP contribution in [0.4, 0.5) is 0 Å². The Labute approximate surface area is 129 Å². The zero-order valence-corrected chi connectivity index (χ0v) is 12.9. The fourth-order valence-corrected chi connectivity index (χ4v) is 2.74. The lowest BCUT2D eigenvalue weighted by Gasteiger charge is -2.19. The van der Waals surface area contributed by atoms with Crippen LogP contribution >= 0.6 is 0 Å². The number of aromatic amines is 1. The average molecular weight is 303 g/mol. The van der Waals surface area contributed by atoms with Gasteiger partial charge in [-0.05, 0) is 25.8 Å². The van der Waals surface area contributed by atoms with Crippen molar-refractivity contribution < 1.29 is 9.53 Å². The molecule has 1 saturated heterocycles. The number of aromatic nitrogens is 4. The van der Waals surface area contributed by atoms with E-state index in [2.05, 4.69) is 27.4 Å². The highest BCUT2D eigenvalue weighted by Gasteiger charge is 2.34. The second-order valence-electron chi connectivity index (χ2n) is 5.36. The molecule has 1 aliphatic heterocycles. The van der Waals surface area contributed by atoms with E-state index in [0.29, 0.717) is 12.3 Å². The van der Waals surface area contributed by atoms with Gasteiger partial charge in [-0.2, -0.15) is 5.10 Å². The van der Waals surface area contributed by atoms with Crippen LogP contribution in [0.5, 0.6) is 0 Å². The molecule has 2 aromatic rings. The lowest BCUT2D eigenvalue weighted by atomic mass is 10.1. The Morgan fingerprint density at radius 3 is 3.14 bits per heavy atom. The van der Waals surface area contributed by atoms with Crippen LogP contribution in [-0.2, 0) is 17.7 Å². The first-order valence-electron chi connectivity index (χ1n) is 7.70. The highest BCUT2D eigenvalue weighted by atomic mass is 16.5. The van der Waals surface area contributed by atoms with E-state index in [1.165, 1.54) is 0 Å². The number of nitrogens with one attached hydrogen (secondary N) is 2. The number of ether oxygens (including phenoxy) is 1. The number of aryl methyl sites for hydroxylation is 2. The third-order valence-electron chi connectivity index (χ3n) is 4.00. The van der Waals surface area contributed by atoms with E-state index in [4.69, 9.17) is 4.74 Å². The summed E-state index contributed by atoms with van der Waals surface area (Å²) in [6.07, 6.45) is 5.09. The molecule has 0 spiro atoms. The maximum Gasteiger partial charge on any atom is 0.272 e. The molecule has 0 saturated carbocycles. The summed E-state index contributed by atoms with van der Waals surface area (Å²) in [5, 5.41) is 9.93. The third-order valence-corrected chi connectivity index (χ3v) is 4.00. The normalized spacial score (nSPS) is 21.2. The number of amides is 1. The Balaban J connectivity index is 1.72. The number of hydrogen-bond donors (Lipinski definition) is 2. The molecule has 3 heterocycles. The van der Waals surface area contributed by atoms with Gasteiger partial charge in [0.15, 0.2) is 0 Å². The Kier molecular flexibility index (Phi) is 4.24. The molecule has 3 rings (SSSR count). The average Bonchev–Trinajstić information content (AvgIpc) is 3.26. The number of hydrogen-bond acceptors (Lipinski definition) is 4. The number of nitrogens with zero attached hydrogens (tertiary/aromatic N) is 3. The summed E-state index contributed by atoms with van der Waals surface area (Å²) < 4.78 is 7.83. The van der Waals surface area contributed by atoms with Crippen LogP contribution in [0.2, 0.25) is 0 Å². The van der Waals surface area contributed by atoms with Crippen molar-refractivity contribution >= 4 is 5.91 Å². The Bertz CT molecular complexity index is 648. The van der Waals surface area contributed by atoms with Gasteiger partial charge >= 0.3 is 0 Å². The summed E-state index contributed by atoms with van der Waals surface area (Å²) in [5.74, 6) is 0.688. The summed E-state index contributed by atoms with van der Waals surface area (Å²) >= 11 is 0. The van der Waals surface area contributed by atoms with Crippen molar-refractivity contribution in [1.29, 1.82) is 0 Å².